The Hall–Kier alpha value is -2.97. The summed E-state index contributed by atoms with van der Waals surface area (Å²) in [6, 6.07) is 12.6. The van der Waals surface area contributed by atoms with Gasteiger partial charge in [0, 0.05) is 48.7 Å². The van der Waals surface area contributed by atoms with Crippen molar-refractivity contribution in [1.29, 1.82) is 0 Å². The highest BCUT2D eigenvalue weighted by Gasteiger charge is 2.55. The van der Waals surface area contributed by atoms with Crippen LogP contribution in [-0.2, 0) is 32.8 Å². The normalized spacial score (nSPS) is 17.7. The van der Waals surface area contributed by atoms with Gasteiger partial charge in [-0.25, -0.2) is 13.4 Å². The van der Waals surface area contributed by atoms with Crippen molar-refractivity contribution >= 4 is 39.2 Å². The number of nitrogens with one attached hydrogen (secondary N) is 1. The maximum absolute atomic E-state index is 13.7. The van der Waals surface area contributed by atoms with Gasteiger partial charge in [-0.15, -0.1) is 0 Å². The fourth-order valence-corrected chi connectivity index (χ4v) is 5.53. The zero-order valence-electron chi connectivity index (χ0n) is 16.1. The summed E-state index contributed by atoms with van der Waals surface area (Å²) in [7, 11) is -2.31. The number of hydrogen-bond donors (Lipinski definition) is 1. The number of aromatic nitrogens is 2. The predicted molar refractivity (Wildman–Crippen MR) is 115 cm³/mol. The highest BCUT2D eigenvalue weighted by Crippen LogP contribution is 2.44. The molecule has 0 bridgehead atoms. The largest absolute Gasteiger partial charge is 0.354 e. The van der Waals surface area contributed by atoms with Crippen LogP contribution in [0.3, 0.4) is 0 Å². The van der Waals surface area contributed by atoms with Crippen LogP contribution < -0.4 is 5.32 Å². The van der Waals surface area contributed by atoms with E-state index in [0.717, 1.165) is 5.69 Å². The van der Waals surface area contributed by atoms with Crippen molar-refractivity contribution in [2.45, 2.75) is 16.1 Å². The van der Waals surface area contributed by atoms with Crippen molar-refractivity contribution in [2.24, 2.45) is 12.0 Å². The first-order valence-corrected chi connectivity index (χ1v) is 11.1. The zero-order valence-corrected chi connectivity index (χ0v) is 17.7. The van der Waals surface area contributed by atoms with E-state index in [0.29, 0.717) is 17.1 Å². The van der Waals surface area contributed by atoms with E-state index in [9.17, 15) is 13.2 Å². The minimum absolute atomic E-state index is 0.0334. The number of hydrogen-bond acceptors (Lipinski definition) is 5. The Labute approximate surface area is 179 Å². The van der Waals surface area contributed by atoms with Gasteiger partial charge in [0.2, 0.25) is 14.6 Å². The maximum Gasteiger partial charge on any atom is 0.252 e. The van der Waals surface area contributed by atoms with Gasteiger partial charge in [-0.05, 0) is 30.3 Å². The Morgan fingerprint density at radius 3 is 2.67 bits per heavy atom. The van der Waals surface area contributed by atoms with Crippen LogP contribution in [0.25, 0.3) is 0 Å². The van der Waals surface area contributed by atoms with E-state index in [2.05, 4.69) is 15.3 Å². The van der Waals surface area contributed by atoms with Crippen LogP contribution in [0.1, 0.15) is 11.3 Å². The topological polar surface area (TPSA) is 93.4 Å². The number of amides is 1. The molecule has 4 rings (SSSR count). The molecule has 30 heavy (non-hydrogen) atoms. The van der Waals surface area contributed by atoms with Gasteiger partial charge in [0.05, 0.1) is 16.9 Å². The highest BCUT2D eigenvalue weighted by molar-refractivity contribution is 7.94. The molecule has 1 aliphatic heterocycles. The number of fused-ring (bicyclic) bond motifs is 1. The summed E-state index contributed by atoms with van der Waals surface area (Å²) in [5, 5.41) is 3.10. The van der Waals surface area contributed by atoms with Gasteiger partial charge in [-0.1, -0.05) is 29.8 Å². The number of aliphatic imine (C=N–C) groups is 1. The van der Waals surface area contributed by atoms with Crippen LogP contribution >= 0.6 is 11.6 Å². The van der Waals surface area contributed by atoms with E-state index in [1.807, 2.05) is 11.6 Å². The molecule has 2 heterocycles. The molecule has 3 aromatic rings. The summed E-state index contributed by atoms with van der Waals surface area (Å²) >= 11 is 6.15. The lowest BCUT2D eigenvalue weighted by Gasteiger charge is -2.27. The van der Waals surface area contributed by atoms with Crippen molar-refractivity contribution in [1.82, 2.24) is 14.9 Å². The second-order valence-corrected chi connectivity index (χ2v) is 9.53. The lowest BCUT2D eigenvalue weighted by atomic mass is 9.99. The van der Waals surface area contributed by atoms with Gasteiger partial charge < -0.3 is 9.88 Å². The number of rotatable bonds is 6. The number of imidazole rings is 1. The number of aryl methyl sites for hydroxylation is 1. The summed E-state index contributed by atoms with van der Waals surface area (Å²) in [6.07, 6.45) is 5.08. The van der Waals surface area contributed by atoms with Crippen LogP contribution in [0.2, 0.25) is 5.02 Å². The molecule has 0 saturated carbocycles. The Morgan fingerprint density at radius 2 is 1.97 bits per heavy atom. The number of sulfone groups is 1. The van der Waals surface area contributed by atoms with Gasteiger partial charge in [0.25, 0.3) is 5.91 Å². The molecule has 1 aromatic heterocycles. The van der Waals surface area contributed by atoms with Gasteiger partial charge in [0.15, 0.2) is 0 Å². The molecule has 9 heteroatoms. The summed E-state index contributed by atoms with van der Waals surface area (Å²) in [6.45, 7) is 0.244. The van der Waals surface area contributed by atoms with Crippen LogP contribution in [0.15, 0.2) is 70.9 Å². The van der Waals surface area contributed by atoms with Crippen LogP contribution in [0.5, 0.6) is 0 Å². The Bertz CT molecular complexity index is 1240. The van der Waals surface area contributed by atoms with Crippen molar-refractivity contribution in [3.63, 3.8) is 0 Å². The van der Waals surface area contributed by atoms with Gasteiger partial charge >= 0.3 is 0 Å². The predicted octanol–water partition coefficient (Wildman–Crippen LogP) is 2.82. The minimum Gasteiger partial charge on any atom is -0.354 e. The molecule has 0 spiro atoms. The molecular weight excluding hydrogens is 424 g/mol. The first kappa shape index (κ1) is 20.3. The quantitative estimate of drug-likeness (QED) is 0.635. The number of carbonyl (C=O) groups excluding carboxylic acids is 1. The van der Waals surface area contributed by atoms with E-state index < -0.39 is 20.5 Å². The molecule has 1 aliphatic rings. The lowest BCUT2D eigenvalue weighted by Crippen LogP contribution is -2.50. The monoisotopic (exact) mass is 442 g/mol. The molecule has 7 nitrogen and oxygen atoms in total. The molecular formula is C21H19ClN4O3S. The smallest absolute Gasteiger partial charge is 0.252 e. The first-order valence-electron chi connectivity index (χ1n) is 9.25. The Kier molecular flexibility index (Phi) is 5.21. The summed E-state index contributed by atoms with van der Waals surface area (Å²) < 4.78 is 27.3. The van der Waals surface area contributed by atoms with Crippen molar-refractivity contribution in [3.8, 4) is 0 Å². The molecule has 0 aliphatic carbocycles. The summed E-state index contributed by atoms with van der Waals surface area (Å²) in [5.74, 6) is -0.668. The molecule has 0 radical (unpaired) electrons. The number of nitrogens with zero attached hydrogens (tertiary/aromatic N) is 3. The second-order valence-electron chi connectivity index (χ2n) is 6.97. The van der Waals surface area contributed by atoms with E-state index in [1.54, 1.807) is 42.9 Å². The Balaban J connectivity index is 1.75. The molecule has 1 atom stereocenters. The third kappa shape index (κ3) is 3.22. The maximum atomic E-state index is 13.7. The van der Waals surface area contributed by atoms with Crippen LogP contribution in [0, 0.1) is 0 Å². The van der Waals surface area contributed by atoms with E-state index in [-0.39, 0.29) is 17.0 Å². The fourth-order valence-electron chi connectivity index (χ4n) is 3.51. The molecule has 154 valence electrons. The minimum atomic E-state index is -4.16. The number of benzene rings is 2. The third-order valence-corrected chi connectivity index (χ3v) is 7.63. The van der Waals surface area contributed by atoms with Crippen molar-refractivity contribution < 1.29 is 13.2 Å². The molecule has 2 aromatic carbocycles. The standard InChI is InChI=1S/C21H19ClN4O3S/c1-26-14-23-12-16(26)9-10-24-20(27)21(30(28,29)17-5-3-2-4-6-17)13-25-19-8-7-15(22)11-18(19)21/h2-8,11-14H,9-10H2,1H3,(H,24,27). The molecule has 1 amide bonds. The fraction of sp³-hybridized carbons (Fsp3) is 0.190. The zero-order chi connectivity index (χ0) is 21.4. The summed E-state index contributed by atoms with van der Waals surface area (Å²) in [4.78, 5) is 21.7. The van der Waals surface area contributed by atoms with Gasteiger partial charge in [-0.2, -0.15) is 0 Å². The number of halogens is 1. The van der Waals surface area contributed by atoms with E-state index in [4.69, 9.17) is 11.6 Å². The average Bonchev–Trinajstić information content (AvgIpc) is 3.32. The lowest BCUT2D eigenvalue weighted by molar-refractivity contribution is -0.122. The Morgan fingerprint density at radius 1 is 1.20 bits per heavy atom. The average molecular weight is 443 g/mol. The second kappa shape index (κ2) is 7.70. The van der Waals surface area contributed by atoms with Crippen LogP contribution in [0.4, 0.5) is 5.69 Å². The van der Waals surface area contributed by atoms with Crippen molar-refractivity contribution in [3.05, 3.63) is 77.3 Å². The van der Waals surface area contributed by atoms with Gasteiger partial charge in [0.1, 0.15) is 0 Å². The van der Waals surface area contributed by atoms with Crippen molar-refractivity contribution in [2.75, 3.05) is 6.54 Å². The van der Waals surface area contributed by atoms with E-state index >= 15 is 0 Å². The van der Waals surface area contributed by atoms with E-state index in [1.165, 1.54) is 24.4 Å². The molecule has 1 unspecified atom stereocenters. The molecule has 0 fully saturated rings. The summed E-state index contributed by atoms with van der Waals surface area (Å²) in [5.41, 5.74) is 1.57. The van der Waals surface area contributed by atoms with Crippen LogP contribution in [-0.4, -0.2) is 36.6 Å². The molecule has 0 saturated heterocycles. The molecule has 1 N–H and O–H groups in total. The SMILES string of the molecule is Cn1cncc1CCNC(=O)C1(S(=O)(=O)c2ccccc2)C=Nc2ccc(Cl)cc21. The van der Waals surface area contributed by atoms with Gasteiger partial charge in [-0.3, -0.25) is 9.79 Å². The number of carbonyl (C=O) groups is 1. The third-order valence-electron chi connectivity index (χ3n) is 5.14. The highest BCUT2D eigenvalue weighted by atomic mass is 35.5. The first-order chi connectivity index (χ1) is 14.4.